The average molecular weight is 213 g/mol. The first kappa shape index (κ1) is 10.6. The van der Waals surface area contributed by atoms with Crippen molar-refractivity contribution in [1.29, 1.82) is 0 Å². The lowest BCUT2D eigenvalue weighted by molar-refractivity contribution is 0.305. The maximum Gasteiger partial charge on any atom is 0.119 e. The molecule has 0 atom stereocenters. The second-order valence-corrected chi connectivity index (χ2v) is 3.79. The molecule has 0 spiro atoms. The highest BCUT2D eigenvalue weighted by atomic mass is 16.5. The topological polar surface area (TPSA) is 35.2 Å². The highest BCUT2D eigenvalue weighted by molar-refractivity contribution is 5.44. The number of anilines is 1. The molecule has 2 rings (SSSR count). The Bertz CT molecular complexity index is 465. The van der Waals surface area contributed by atoms with Crippen molar-refractivity contribution in [3.63, 3.8) is 0 Å². The number of hydrogen-bond donors (Lipinski definition) is 1. The van der Waals surface area contributed by atoms with Crippen LogP contribution in [0.25, 0.3) is 0 Å². The van der Waals surface area contributed by atoms with Gasteiger partial charge in [-0.2, -0.15) is 0 Å². The van der Waals surface area contributed by atoms with Crippen LogP contribution in [-0.4, -0.2) is 0 Å². The van der Waals surface area contributed by atoms with Gasteiger partial charge in [-0.3, -0.25) is 0 Å². The first-order valence-corrected chi connectivity index (χ1v) is 5.28. The smallest absolute Gasteiger partial charge is 0.119 e. The quantitative estimate of drug-likeness (QED) is 0.795. The molecule has 0 heterocycles. The molecule has 2 nitrogen and oxygen atoms in total. The van der Waals surface area contributed by atoms with Gasteiger partial charge in [0, 0.05) is 5.69 Å². The standard InChI is InChI=1S/C14H15NO/c1-11-9-13(15)8-7-12(11)10-16-14-5-3-2-4-6-14/h2-9H,10,15H2,1H3. The molecule has 0 aliphatic heterocycles. The molecule has 0 amide bonds. The molecule has 0 fully saturated rings. The average Bonchev–Trinajstić information content (AvgIpc) is 2.29. The zero-order chi connectivity index (χ0) is 11.4. The number of rotatable bonds is 3. The lowest BCUT2D eigenvalue weighted by Gasteiger charge is -2.09. The van der Waals surface area contributed by atoms with Crippen molar-refractivity contribution in [3.8, 4) is 5.75 Å². The maximum atomic E-state index is 5.69. The van der Waals surface area contributed by atoms with Gasteiger partial charge in [0.2, 0.25) is 0 Å². The number of ether oxygens (including phenoxy) is 1. The Hall–Kier alpha value is -1.96. The Kier molecular flexibility index (Phi) is 3.10. The maximum absolute atomic E-state index is 5.69. The molecule has 0 saturated heterocycles. The molecule has 16 heavy (non-hydrogen) atoms. The summed E-state index contributed by atoms with van der Waals surface area (Å²) in [6.07, 6.45) is 0. The molecular formula is C14H15NO. The van der Waals surface area contributed by atoms with Gasteiger partial charge in [0.1, 0.15) is 12.4 Å². The summed E-state index contributed by atoms with van der Waals surface area (Å²) in [6.45, 7) is 2.62. The van der Waals surface area contributed by atoms with Crippen molar-refractivity contribution in [2.45, 2.75) is 13.5 Å². The second-order valence-electron chi connectivity index (χ2n) is 3.79. The Morgan fingerprint density at radius 1 is 1.06 bits per heavy atom. The molecule has 2 aromatic carbocycles. The van der Waals surface area contributed by atoms with Gasteiger partial charge in [0.25, 0.3) is 0 Å². The Morgan fingerprint density at radius 2 is 1.81 bits per heavy atom. The highest BCUT2D eigenvalue weighted by Gasteiger charge is 1.99. The van der Waals surface area contributed by atoms with Gasteiger partial charge in [-0.1, -0.05) is 24.3 Å². The molecule has 0 aliphatic rings. The van der Waals surface area contributed by atoms with Crippen LogP contribution in [0, 0.1) is 6.92 Å². The van der Waals surface area contributed by atoms with Gasteiger partial charge in [-0.05, 0) is 42.3 Å². The van der Waals surface area contributed by atoms with Crippen LogP contribution in [0.2, 0.25) is 0 Å². The molecule has 0 saturated carbocycles. The molecular weight excluding hydrogens is 198 g/mol. The van der Waals surface area contributed by atoms with Crippen LogP contribution in [0.4, 0.5) is 5.69 Å². The minimum absolute atomic E-state index is 0.579. The van der Waals surface area contributed by atoms with Gasteiger partial charge in [0.15, 0.2) is 0 Å². The van der Waals surface area contributed by atoms with E-state index in [4.69, 9.17) is 10.5 Å². The molecule has 2 heteroatoms. The van der Waals surface area contributed by atoms with E-state index in [2.05, 4.69) is 0 Å². The van der Waals surface area contributed by atoms with E-state index in [0.717, 1.165) is 22.6 Å². The van der Waals surface area contributed by atoms with E-state index in [1.165, 1.54) is 0 Å². The van der Waals surface area contributed by atoms with Crippen LogP contribution in [0.3, 0.4) is 0 Å². The summed E-state index contributed by atoms with van der Waals surface area (Å²) in [5, 5.41) is 0. The van der Waals surface area contributed by atoms with E-state index < -0.39 is 0 Å². The summed E-state index contributed by atoms with van der Waals surface area (Å²) in [6, 6.07) is 15.7. The summed E-state index contributed by atoms with van der Waals surface area (Å²) >= 11 is 0. The van der Waals surface area contributed by atoms with Gasteiger partial charge < -0.3 is 10.5 Å². The van der Waals surface area contributed by atoms with Crippen molar-refractivity contribution < 1.29 is 4.74 Å². The van der Waals surface area contributed by atoms with Crippen LogP contribution in [0.5, 0.6) is 5.75 Å². The first-order valence-electron chi connectivity index (χ1n) is 5.28. The predicted octanol–water partition coefficient (Wildman–Crippen LogP) is 3.16. The molecule has 0 bridgehead atoms. The zero-order valence-corrected chi connectivity index (χ0v) is 9.31. The third-order valence-electron chi connectivity index (χ3n) is 2.50. The Balaban J connectivity index is 2.05. The summed E-state index contributed by atoms with van der Waals surface area (Å²) in [7, 11) is 0. The fourth-order valence-electron chi connectivity index (χ4n) is 1.56. The number of nitrogen functional groups attached to an aromatic ring is 1. The van der Waals surface area contributed by atoms with Crippen LogP contribution < -0.4 is 10.5 Å². The van der Waals surface area contributed by atoms with Gasteiger partial charge in [-0.15, -0.1) is 0 Å². The molecule has 2 aromatic rings. The fraction of sp³-hybridized carbons (Fsp3) is 0.143. The molecule has 82 valence electrons. The van der Waals surface area contributed by atoms with Gasteiger partial charge in [0.05, 0.1) is 0 Å². The lowest BCUT2D eigenvalue weighted by atomic mass is 10.1. The third kappa shape index (κ3) is 2.54. The molecule has 0 aliphatic carbocycles. The SMILES string of the molecule is Cc1cc(N)ccc1COc1ccccc1. The van der Waals surface area contributed by atoms with E-state index in [-0.39, 0.29) is 0 Å². The van der Waals surface area contributed by atoms with Gasteiger partial charge in [-0.25, -0.2) is 0 Å². The first-order chi connectivity index (χ1) is 7.75. The highest BCUT2D eigenvalue weighted by Crippen LogP contribution is 2.16. The second kappa shape index (κ2) is 4.71. The number of aryl methyl sites for hydroxylation is 1. The van der Waals surface area contributed by atoms with Gasteiger partial charge >= 0.3 is 0 Å². The fourth-order valence-corrected chi connectivity index (χ4v) is 1.56. The summed E-state index contributed by atoms with van der Waals surface area (Å²) < 4.78 is 5.67. The molecule has 0 radical (unpaired) electrons. The van der Waals surface area contributed by atoms with Crippen LogP contribution in [0.15, 0.2) is 48.5 Å². The number of nitrogens with two attached hydrogens (primary N) is 1. The molecule has 0 aromatic heterocycles. The van der Waals surface area contributed by atoms with Crippen molar-refractivity contribution in [3.05, 3.63) is 59.7 Å². The van der Waals surface area contributed by atoms with E-state index >= 15 is 0 Å². The van der Waals surface area contributed by atoms with E-state index in [9.17, 15) is 0 Å². The molecule has 2 N–H and O–H groups in total. The minimum Gasteiger partial charge on any atom is -0.489 e. The normalized spacial score (nSPS) is 10.1. The van der Waals surface area contributed by atoms with E-state index in [1.807, 2.05) is 55.5 Å². The summed E-state index contributed by atoms with van der Waals surface area (Å²) in [4.78, 5) is 0. The third-order valence-corrected chi connectivity index (χ3v) is 2.50. The number of para-hydroxylation sites is 1. The van der Waals surface area contributed by atoms with Crippen LogP contribution in [-0.2, 0) is 6.61 Å². The monoisotopic (exact) mass is 213 g/mol. The Labute approximate surface area is 95.7 Å². The van der Waals surface area contributed by atoms with Crippen molar-refractivity contribution in [1.82, 2.24) is 0 Å². The van der Waals surface area contributed by atoms with E-state index in [1.54, 1.807) is 0 Å². The van der Waals surface area contributed by atoms with Crippen molar-refractivity contribution in [2.24, 2.45) is 0 Å². The largest absolute Gasteiger partial charge is 0.489 e. The van der Waals surface area contributed by atoms with E-state index in [0.29, 0.717) is 6.61 Å². The zero-order valence-electron chi connectivity index (χ0n) is 9.31. The summed E-state index contributed by atoms with van der Waals surface area (Å²) in [5.41, 5.74) is 8.81. The molecule has 0 unspecified atom stereocenters. The number of benzene rings is 2. The Morgan fingerprint density at radius 3 is 2.50 bits per heavy atom. The van der Waals surface area contributed by atoms with Crippen molar-refractivity contribution >= 4 is 5.69 Å². The van der Waals surface area contributed by atoms with Crippen LogP contribution >= 0.6 is 0 Å². The van der Waals surface area contributed by atoms with Crippen molar-refractivity contribution in [2.75, 3.05) is 5.73 Å². The minimum atomic E-state index is 0.579. The van der Waals surface area contributed by atoms with Crippen LogP contribution in [0.1, 0.15) is 11.1 Å². The summed E-state index contributed by atoms with van der Waals surface area (Å²) in [5.74, 6) is 0.888. The lowest BCUT2D eigenvalue weighted by Crippen LogP contribution is -1.98. The number of hydrogen-bond acceptors (Lipinski definition) is 2. The predicted molar refractivity (Wildman–Crippen MR) is 66.4 cm³/mol.